The third kappa shape index (κ3) is 2.91. The van der Waals surface area contributed by atoms with Crippen molar-refractivity contribution in [3.05, 3.63) is 52.3 Å². The lowest BCUT2D eigenvalue weighted by atomic mass is 9.92. The van der Waals surface area contributed by atoms with Crippen LogP contribution in [0.5, 0.6) is 0 Å². The number of rotatable bonds is 2. The molecule has 6 heteroatoms. The van der Waals surface area contributed by atoms with Crippen LogP contribution >= 0.6 is 0 Å². The molecule has 0 bridgehead atoms. The summed E-state index contributed by atoms with van der Waals surface area (Å²) in [7, 11) is 0. The van der Waals surface area contributed by atoms with E-state index in [4.69, 9.17) is 0 Å². The summed E-state index contributed by atoms with van der Waals surface area (Å²) in [4.78, 5) is 25.7. The van der Waals surface area contributed by atoms with Crippen LogP contribution in [0.4, 0.5) is 0 Å². The molecule has 1 aliphatic heterocycles. The maximum Gasteiger partial charge on any atom is 0.335 e. The number of nitrogens with one attached hydrogen (secondary N) is 1. The Hall–Kier alpha value is -2.63. The van der Waals surface area contributed by atoms with Gasteiger partial charge in [-0.3, -0.25) is 9.89 Å². The molecule has 24 heavy (non-hydrogen) atoms. The Balaban J connectivity index is 1.83. The molecule has 0 saturated heterocycles. The van der Waals surface area contributed by atoms with E-state index in [0.717, 1.165) is 16.8 Å². The van der Waals surface area contributed by atoms with Crippen molar-refractivity contribution in [1.29, 1.82) is 0 Å². The molecule has 0 unspecified atom stereocenters. The number of H-pyrrole nitrogens is 1. The molecular formula is C18H21N3O3. The van der Waals surface area contributed by atoms with Crippen LogP contribution in [0.25, 0.3) is 0 Å². The molecule has 0 saturated carbocycles. The van der Waals surface area contributed by atoms with Crippen LogP contribution in [0, 0.1) is 0 Å². The van der Waals surface area contributed by atoms with Crippen molar-refractivity contribution in [2.45, 2.75) is 39.2 Å². The number of carbonyl (C=O) groups is 2. The standard InChI is InChI=1S/C18H21N3O3/c1-18(2,3)15-9-14(19-20-15)16(22)21-8-7-12-11(10-21)5-4-6-13(12)17(23)24/h4-6,9H,7-8,10H2,1-3H3,(H,19,20)(H,23,24). The lowest BCUT2D eigenvalue weighted by molar-refractivity contribution is 0.0694. The van der Waals surface area contributed by atoms with E-state index in [0.29, 0.717) is 30.8 Å². The maximum absolute atomic E-state index is 12.7. The molecule has 0 fully saturated rings. The highest BCUT2D eigenvalue weighted by Gasteiger charge is 2.27. The van der Waals surface area contributed by atoms with E-state index >= 15 is 0 Å². The highest BCUT2D eigenvalue weighted by atomic mass is 16.4. The van der Waals surface area contributed by atoms with Gasteiger partial charge in [-0.15, -0.1) is 0 Å². The summed E-state index contributed by atoms with van der Waals surface area (Å²) in [5.74, 6) is -1.05. The average Bonchev–Trinajstić information content (AvgIpc) is 3.03. The Morgan fingerprint density at radius 2 is 2.04 bits per heavy atom. The van der Waals surface area contributed by atoms with E-state index in [1.54, 1.807) is 23.1 Å². The van der Waals surface area contributed by atoms with E-state index < -0.39 is 5.97 Å². The maximum atomic E-state index is 12.7. The van der Waals surface area contributed by atoms with Gasteiger partial charge >= 0.3 is 5.97 Å². The molecule has 126 valence electrons. The number of aromatic nitrogens is 2. The lowest BCUT2D eigenvalue weighted by Gasteiger charge is -2.29. The number of carboxylic acid groups (broad SMARTS) is 1. The average molecular weight is 327 g/mol. The van der Waals surface area contributed by atoms with Crippen molar-refractivity contribution < 1.29 is 14.7 Å². The third-order valence-corrected chi connectivity index (χ3v) is 4.39. The van der Waals surface area contributed by atoms with Crippen LogP contribution in [-0.4, -0.2) is 38.6 Å². The second kappa shape index (κ2) is 5.78. The van der Waals surface area contributed by atoms with Gasteiger partial charge in [-0.05, 0) is 29.7 Å². The van der Waals surface area contributed by atoms with E-state index in [-0.39, 0.29) is 11.3 Å². The van der Waals surface area contributed by atoms with Crippen molar-refractivity contribution >= 4 is 11.9 Å². The predicted octanol–water partition coefficient (Wildman–Crippen LogP) is 2.60. The van der Waals surface area contributed by atoms with Gasteiger partial charge in [0, 0.05) is 24.2 Å². The minimum atomic E-state index is -0.922. The highest BCUT2D eigenvalue weighted by molar-refractivity contribution is 5.93. The van der Waals surface area contributed by atoms with Crippen LogP contribution in [0.3, 0.4) is 0 Å². The van der Waals surface area contributed by atoms with Crippen molar-refractivity contribution in [2.24, 2.45) is 0 Å². The minimum absolute atomic E-state index is 0.101. The summed E-state index contributed by atoms with van der Waals surface area (Å²) in [5, 5.41) is 16.4. The van der Waals surface area contributed by atoms with Crippen LogP contribution in [0.1, 0.15) is 58.4 Å². The fourth-order valence-electron chi connectivity index (χ4n) is 2.96. The molecule has 2 N–H and O–H groups in total. The fourth-order valence-corrected chi connectivity index (χ4v) is 2.96. The molecular weight excluding hydrogens is 306 g/mol. The first kappa shape index (κ1) is 16.2. The predicted molar refractivity (Wildman–Crippen MR) is 89.1 cm³/mol. The third-order valence-electron chi connectivity index (χ3n) is 4.39. The van der Waals surface area contributed by atoms with E-state index in [2.05, 4.69) is 31.0 Å². The van der Waals surface area contributed by atoms with Crippen molar-refractivity contribution in [1.82, 2.24) is 15.1 Å². The number of aromatic amines is 1. The number of carbonyl (C=O) groups excluding carboxylic acids is 1. The summed E-state index contributed by atoms with van der Waals surface area (Å²) in [6.45, 7) is 7.07. The molecule has 0 radical (unpaired) electrons. The Labute approximate surface area is 140 Å². The molecule has 0 spiro atoms. The normalized spacial score (nSPS) is 14.4. The van der Waals surface area contributed by atoms with Gasteiger partial charge in [0.1, 0.15) is 5.69 Å². The van der Waals surface area contributed by atoms with E-state index in [1.807, 2.05) is 6.07 Å². The summed E-state index contributed by atoms with van der Waals surface area (Å²) in [6.07, 6.45) is 0.542. The molecule has 1 aromatic heterocycles. The molecule has 2 aromatic rings. The largest absolute Gasteiger partial charge is 0.478 e. The van der Waals surface area contributed by atoms with Crippen molar-refractivity contribution in [2.75, 3.05) is 6.54 Å². The van der Waals surface area contributed by atoms with Gasteiger partial charge in [0.15, 0.2) is 0 Å². The van der Waals surface area contributed by atoms with Gasteiger partial charge in [0.25, 0.3) is 5.91 Å². The number of hydrogen-bond donors (Lipinski definition) is 2. The fraction of sp³-hybridized carbons (Fsp3) is 0.389. The Morgan fingerprint density at radius 1 is 1.29 bits per heavy atom. The molecule has 6 nitrogen and oxygen atoms in total. The van der Waals surface area contributed by atoms with Gasteiger partial charge in [-0.2, -0.15) is 5.10 Å². The van der Waals surface area contributed by atoms with Crippen LogP contribution in [0.2, 0.25) is 0 Å². The highest BCUT2D eigenvalue weighted by Crippen LogP contribution is 2.25. The summed E-state index contributed by atoms with van der Waals surface area (Å²) in [6, 6.07) is 7.02. The van der Waals surface area contributed by atoms with E-state index in [1.165, 1.54) is 0 Å². The molecule has 1 amide bonds. The Bertz CT molecular complexity index is 802. The van der Waals surface area contributed by atoms with Crippen LogP contribution in [-0.2, 0) is 18.4 Å². The second-order valence-corrected chi connectivity index (χ2v) is 7.14. The lowest BCUT2D eigenvalue weighted by Crippen LogP contribution is -2.36. The first-order valence-corrected chi connectivity index (χ1v) is 7.96. The molecule has 1 aromatic carbocycles. The second-order valence-electron chi connectivity index (χ2n) is 7.14. The van der Waals surface area contributed by atoms with Crippen LogP contribution in [0.15, 0.2) is 24.3 Å². The topological polar surface area (TPSA) is 86.3 Å². The van der Waals surface area contributed by atoms with Gasteiger partial charge < -0.3 is 10.0 Å². The number of hydrogen-bond acceptors (Lipinski definition) is 3. The number of amides is 1. The summed E-state index contributed by atoms with van der Waals surface area (Å²) < 4.78 is 0. The molecule has 0 atom stereocenters. The first-order valence-electron chi connectivity index (χ1n) is 7.96. The summed E-state index contributed by atoms with van der Waals surface area (Å²) >= 11 is 0. The SMILES string of the molecule is CC(C)(C)c1cc(C(=O)N2CCc3c(cccc3C(=O)O)C2)n[nH]1. The smallest absolute Gasteiger partial charge is 0.335 e. The monoisotopic (exact) mass is 327 g/mol. The van der Waals surface area contributed by atoms with Gasteiger partial charge in [0.2, 0.25) is 0 Å². The Morgan fingerprint density at radius 3 is 2.67 bits per heavy atom. The zero-order valence-corrected chi connectivity index (χ0v) is 14.1. The van der Waals surface area contributed by atoms with Gasteiger partial charge in [0.05, 0.1) is 5.56 Å². The molecule has 2 heterocycles. The molecule has 1 aliphatic rings. The number of nitrogens with zero attached hydrogens (tertiary/aromatic N) is 2. The van der Waals surface area contributed by atoms with Crippen LogP contribution < -0.4 is 0 Å². The number of aromatic carboxylic acids is 1. The van der Waals surface area contributed by atoms with Crippen molar-refractivity contribution in [3.8, 4) is 0 Å². The summed E-state index contributed by atoms with van der Waals surface area (Å²) in [5.41, 5.74) is 3.26. The number of benzene rings is 1. The van der Waals surface area contributed by atoms with Gasteiger partial charge in [-0.1, -0.05) is 32.9 Å². The molecule has 0 aliphatic carbocycles. The zero-order chi connectivity index (χ0) is 17.5. The number of carboxylic acids is 1. The first-order chi connectivity index (χ1) is 11.3. The number of fused-ring (bicyclic) bond motifs is 1. The van der Waals surface area contributed by atoms with E-state index in [9.17, 15) is 14.7 Å². The minimum Gasteiger partial charge on any atom is -0.478 e. The zero-order valence-electron chi connectivity index (χ0n) is 14.1. The molecule has 3 rings (SSSR count). The quantitative estimate of drug-likeness (QED) is 0.888. The van der Waals surface area contributed by atoms with Gasteiger partial charge in [-0.25, -0.2) is 4.79 Å². The Kier molecular flexibility index (Phi) is 3.91. The van der Waals surface area contributed by atoms with Crippen molar-refractivity contribution in [3.63, 3.8) is 0 Å².